The summed E-state index contributed by atoms with van der Waals surface area (Å²) >= 11 is 1.39. The van der Waals surface area contributed by atoms with Crippen LogP contribution in [0.4, 0.5) is 0 Å². The first kappa shape index (κ1) is 28.5. The van der Waals surface area contributed by atoms with Crippen LogP contribution in [0.1, 0.15) is 45.7 Å². The zero-order chi connectivity index (χ0) is 29.1. The molecule has 2 aliphatic rings. The summed E-state index contributed by atoms with van der Waals surface area (Å²) in [7, 11) is 0. The minimum Gasteiger partial charge on any atom is -0.384 e. The fourth-order valence-corrected chi connectivity index (χ4v) is 5.98. The minimum absolute atomic E-state index is 0.0414. The molecule has 11 heteroatoms. The van der Waals surface area contributed by atoms with Crippen LogP contribution in [0.2, 0.25) is 0 Å². The van der Waals surface area contributed by atoms with Crippen molar-refractivity contribution in [2.24, 2.45) is 5.73 Å². The van der Waals surface area contributed by atoms with E-state index in [0.29, 0.717) is 24.3 Å². The zero-order valence-corrected chi connectivity index (χ0v) is 23.8. The third-order valence-corrected chi connectivity index (χ3v) is 8.49. The molecule has 3 heterocycles. The normalized spacial score (nSPS) is 18.3. The minimum atomic E-state index is -1.04. The Hall–Kier alpha value is -4.06. The van der Waals surface area contributed by atoms with Crippen molar-refractivity contribution in [3.63, 3.8) is 0 Å². The van der Waals surface area contributed by atoms with E-state index in [9.17, 15) is 14.4 Å². The van der Waals surface area contributed by atoms with Gasteiger partial charge in [0.25, 0.3) is 5.91 Å². The molecule has 0 bridgehead atoms. The molecule has 2 saturated heterocycles. The molecule has 2 aromatic carbocycles. The van der Waals surface area contributed by atoms with Crippen molar-refractivity contribution in [1.29, 1.82) is 5.41 Å². The maximum atomic E-state index is 13.4. The Morgan fingerprint density at radius 1 is 1.07 bits per heavy atom. The maximum absolute atomic E-state index is 13.4. The van der Waals surface area contributed by atoms with Crippen LogP contribution in [0, 0.1) is 12.3 Å². The Morgan fingerprint density at radius 3 is 2.32 bits per heavy atom. The van der Waals surface area contributed by atoms with E-state index in [1.807, 2.05) is 50.2 Å². The van der Waals surface area contributed by atoms with E-state index in [1.54, 1.807) is 23.6 Å². The SMILES string of the molecule is Cc1ccc(-c2ccc(C(=O)NCC(=O)N3CC4(C[C@H]3C(=O)N[C@H](C)c3cc(C(=N)N)cs3)OCCO4)cc2)cc1. The molecule has 1 aromatic heterocycles. The van der Waals surface area contributed by atoms with E-state index in [1.165, 1.54) is 21.8 Å². The van der Waals surface area contributed by atoms with Crippen molar-refractivity contribution in [3.8, 4) is 11.1 Å². The number of benzene rings is 2. The predicted molar refractivity (Wildman–Crippen MR) is 156 cm³/mol. The van der Waals surface area contributed by atoms with Crippen molar-refractivity contribution in [2.45, 2.75) is 38.1 Å². The van der Waals surface area contributed by atoms with E-state index >= 15 is 0 Å². The zero-order valence-electron chi connectivity index (χ0n) is 22.9. The van der Waals surface area contributed by atoms with Crippen LogP contribution in [-0.4, -0.2) is 66.6 Å². The van der Waals surface area contributed by atoms with Crippen molar-refractivity contribution in [1.82, 2.24) is 15.5 Å². The van der Waals surface area contributed by atoms with Crippen molar-refractivity contribution in [3.05, 3.63) is 81.5 Å². The van der Waals surface area contributed by atoms with Crippen LogP contribution in [-0.2, 0) is 19.1 Å². The first-order valence-corrected chi connectivity index (χ1v) is 14.3. The van der Waals surface area contributed by atoms with Gasteiger partial charge in [-0.05, 0) is 43.2 Å². The van der Waals surface area contributed by atoms with E-state index in [2.05, 4.69) is 10.6 Å². The Morgan fingerprint density at radius 2 is 1.71 bits per heavy atom. The lowest BCUT2D eigenvalue weighted by Crippen LogP contribution is -2.49. The average molecular weight is 576 g/mol. The van der Waals surface area contributed by atoms with Gasteiger partial charge >= 0.3 is 0 Å². The number of amides is 3. The van der Waals surface area contributed by atoms with Crippen LogP contribution in [0.15, 0.2) is 60.0 Å². The fraction of sp³-hybridized carbons (Fsp3) is 0.333. The van der Waals surface area contributed by atoms with E-state index in [-0.39, 0.29) is 43.2 Å². The number of thiophene rings is 1. The van der Waals surface area contributed by atoms with Gasteiger partial charge in [-0.1, -0.05) is 42.0 Å². The van der Waals surface area contributed by atoms with Crippen LogP contribution >= 0.6 is 11.3 Å². The Bertz CT molecular complexity index is 1450. The number of nitrogens with one attached hydrogen (secondary N) is 3. The van der Waals surface area contributed by atoms with Gasteiger partial charge in [-0.3, -0.25) is 19.8 Å². The van der Waals surface area contributed by atoms with Crippen LogP contribution in [0.3, 0.4) is 0 Å². The first-order valence-electron chi connectivity index (χ1n) is 13.4. The van der Waals surface area contributed by atoms with Crippen LogP contribution in [0.5, 0.6) is 0 Å². The summed E-state index contributed by atoms with van der Waals surface area (Å²) in [6.07, 6.45) is 0.189. The van der Waals surface area contributed by atoms with Gasteiger partial charge in [0.05, 0.1) is 32.3 Å². The molecule has 10 nitrogen and oxygen atoms in total. The summed E-state index contributed by atoms with van der Waals surface area (Å²) in [5, 5.41) is 15.0. The molecular formula is C30H33N5O5S. The summed E-state index contributed by atoms with van der Waals surface area (Å²) in [6.45, 7) is 4.43. The van der Waals surface area contributed by atoms with E-state index in [4.69, 9.17) is 20.6 Å². The van der Waals surface area contributed by atoms with Crippen LogP contribution < -0.4 is 16.4 Å². The van der Waals surface area contributed by atoms with Gasteiger partial charge in [-0.2, -0.15) is 0 Å². The summed E-state index contributed by atoms with van der Waals surface area (Å²) in [5.41, 5.74) is 9.80. The number of carbonyl (C=O) groups is 3. The van der Waals surface area contributed by atoms with E-state index < -0.39 is 17.7 Å². The smallest absolute Gasteiger partial charge is 0.251 e. The number of carbonyl (C=O) groups excluding carboxylic acids is 3. The van der Waals surface area contributed by atoms with Gasteiger partial charge < -0.3 is 30.7 Å². The van der Waals surface area contributed by atoms with Gasteiger partial charge in [-0.25, -0.2) is 0 Å². The molecule has 2 atom stereocenters. The molecule has 3 amide bonds. The molecule has 0 aliphatic carbocycles. The highest BCUT2D eigenvalue weighted by Gasteiger charge is 2.52. The second-order valence-electron chi connectivity index (χ2n) is 10.4. The molecule has 2 aliphatic heterocycles. The Balaban J connectivity index is 1.22. The number of aryl methyl sites for hydroxylation is 1. The number of hydrogen-bond donors (Lipinski definition) is 4. The third kappa shape index (κ3) is 6.32. The fourth-order valence-electron chi connectivity index (χ4n) is 5.06. The lowest BCUT2D eigenvalue weighted by Gasteiger charge is -2.25. The lowest BCUT2D eigenvalue weighted by atomic mass is 10.0. The van der Waals surface area contributed by atoms with Gasteiger partial charge in [0.2, 0.25) is 11.8 Å². The molecule has 5 N–H and O–H groups in total. The van der Waals surface area contributed by atoms with Gasteiger partial charge in [0, 0.05) is 27.8 Å². The second-order valence-corrected chi connectivity index (χ2v) is 11.3. The molecule has 41 heavy (non-hydrogen) atoms. The number of likely N-dealkylation sites (tertiary alicyclic amines) is 1. The summed E-state index contributed by atoms with van der Waals surface area (Å²) in [6, 6.07) is 15.9. The Kier molecular flexibility index (Phi) is 8.20. The van der Waals surface area contributed by atoms with E-state index in [0.717, 1.165) is 16.0 Å². The quantitative estimate of drug-likeness (QED) is 0.240. The number of ether oxygens (including phenoxy) is 2. The highest BCUT2D eigenvalue weighted by molar-refractivity contribution is 7.10. The molecule has 0 radical (unpaired) electrons. The summed E-state index contributed by atoms with van der Waals surface area (Å²) in [5.74, 6) is -2.22. The highest BCUT2D eigenvalue weighted by Crippen LogP contribution is 2.35. The molecule has 3 aromatic rings. The molecule has 0 saturated carbocycles. The lowest BCUT2D eigenvalue weighted by molar-refractivity contribution is -0.152. The first-order chi connectivity index (χ1) is 19.6. The predicted octanol–water partition coefficient (Wildman–Crippen LogP) is 2.96. The molecule has 5 rings (SSSR count). The van der Waals surface area contributed by atoms with Gasteiger partial charge in [0.1, 0.15) is 11.9 Å². The third-order valence-electron chi connectivity index (χ3n) is 7.38. The number of nitrogen functional groups attached to an aromatic ring is 1. The molecule has 2 fully saturated rings. The summed E-state index contributed by atoms with van der Waals surface area (Å²) < 4.78 is 11.6. The number of nitrogens with zero attached hydrogens (tertiary/aromatic N) is 1. The Labute approximate surface area is 242 Å². The number of hydrogen-bond acceptors (Lipinski definition) is 7. The largest absolute Gasteiger partial charge is 0.384 e. The molecule has 1 spiro atoms. The topological polar surface area (TPSA) is 147 Å². The van der Waals surface area contributed by atoms with Crippen molar-refractivity contribution in [2.75, 3.05) is 26.3 Å². The number of rotatable bonds is 8. The highest BCUT2D eigenvalue weighted by atomic mass is 32.1. The second kappa shape index (κ2) is 11.8. The number of nitrogens with two attached hydrogens (primary N) is 1. The van der Waals surface area contributed by atoms with Crippen molar-refractivity contribution >= 4 is 34.9 Å². The van der Waals surface area contributed by atoms with Gasteiger partial charge in [-0.15, -0.1) is 11.3 Å². The number of amidine groups is 1. The average Bonchev–Trinajstić information content (AvgIpc) is 3.73. The van der Waals surface area contributed by atoms with Gasteiger partial charge in [0.15, 0.2) is 5.79 Å². The molecule has 0 unspecified atom stereocenters. The molecule has 214 valence electrons. The van der Waals surface area contributed by atoms with Crippen LogP contribution in [0.25, 0.3) is 11.1 Å². The standard InChI is InChI=1S/C30H33N5O5S/c1-18-3-5-20(6-4-18)21-7-9-22(10-8-21)28(37)33-15-26(36)35-17-30(39-11-12-40-30)14-24(35)29(38)34-19(2)25-13-23(16-41-25)27(31)32/h3-10,13,16,19,24H,11-12,14-15,17H2,1-2H3,(H3,31,32)(H,33,37)(H,34,38)/t19-,24+/m1/s1. The van der Waals surface area contributed by atoms with Crippen molar-refractivity contribution < 1.29 is 23.9 Å². The summed E-state index contributed by atoms with van der Waals surface area (Å²) in [4.78, 5) is 41.8. The maximum Gasteiger partial charge on any atom is 0.251 e. The monoisotopic (exact) mass is 575 g/mol. The molecular weight excluding hydrogens is 542 g/mol.